The molecule has 1 aliphatic heterocycles. The van der Waals surface area contributed by atoms with E-state index >= 15 is 0 Å². The Hall–Kier alpha value is -0.930. The van der Waals surface area contributed by atoms with Gasteiger partial charge in [0.15, 0.2) is 6.29 Å². The van der Waals surface area contributed by atoms with Crippen LogP contribution in [0.4, 0.5) is 0 Å². The standard InChI is InChI=1S/C11H13NOS/c13-9-11-5-4-10(14-11)8-12-6-2-1-3-7-12/h1-2,4-5,9H,3,6-8H2. The first-order chi connectivity index (χ1) is 6.88. The summed E-state index contributed by atoms with van der Waals surface area (Å²) >= 11 is 1.59. The molecule has 0 saturated heterocycles. The van der Waals surface area contributed by atoms with Crippen LogP contribution in [0.25, 0.3) is 0 Å². The average Bonchev–Trinajstić information content (AvgIpc) is 2.67. The van der Waals surface area contributed by atoms with Crippen molar-refractivity contribution >= 4 is 17.6 Å². The van der Waals surface area contributed by atoms with Crippen LogP contribution in [-0.4, -0.2) is 24.3 Å². The van der Waals surface area contributed by atoms with E-state index in [4.69, 9.17) is 0 Å². The smallest absolute Gasteiger partial charge is 0.160 e. The van der Waals surface area contributed by atoms with Crippen LogP contribution in [0.1, 0.15) is 21.0 Å². The van der Waals surface area contributed by atoms with E-state index < -0.39 is 0 Å². The molecule has 3 heteroatoms. The summed E-state index contributed by atoms with van der Waals surface area (Å²) in [6, 6.07) is 3.94. The maximum absolute atomic E-state index is 10.5. The van der Waals surface area contributed by atoms with Gasteiger partial charge in [-0.25, -0.2) is 0 Å². The molecule has 2 nitrogen and oxygen atoms in total. The predicted molar refractivity (Wildman–Crippen MR) is 58.7 cm³/mol. The fourth-order valence-electron chi connectivity index (χ4n) is 1.60. The Morgan fingerprint density at radius 3 is 3.00 bits per heavy atom. The lowest BCUT2D eigenvalue weighted by atomic mass is 10.2. The lowest BCUT2D eigenvalue weighted by Gasteiger charge is -2.21. The van der Waals surface area contributed by atoms with E-state index in [-0.39, 0.29) is 0 Å². The zero-order valence-electron chi connectivity index (χ0n) is 7.98. The number of nitrogens with zero attached hydrogens (tertiary/aromatic N) is 1. The van der Waals surface area contributed by atoms with Gasteiger partial charge in [0.05, 0.1) is 4.88 Å². The van der Waals surface area contributed by atoms with Crippen molar-refractivity contribution in [2.45, 2.75) is 13.0 Å². The van der Waals surface area contributed by atoms with Crippen molar-refractivity contribution in [1.29, 1.82) is 0 Å². The molecule has 1 aliphatic rings. The lowest BCUT2D eigenvalue weighted by Crippen LogP contribution is -2.26. The highest BCUT2D eigenvalue weighted by Gasteiger charge is 2.08. The van der Waals surface area contributed by atoms with Crippen LogP contribution in [-0.2, 0) is 6.54 Å². The quantitative estimate of drug-likeness (QED) is 0.560. The van der Waals surface area contributed by atoms with Gasteiger partial charge in [0.25, 0.3) is 0 Å². The third kappa shape index (κ3) is 2.30. The van der Waals surface area contributed by atoms with Gasteiger partial charge in [-0.3, -0.25) is 9.69 Å². The number of thiophene rings is 1. The molecular formula is C11H13NOS. The largest absolute Gasteiger partial charge is 0.297 e. The zero-order valence-corrected chi connectivity index (χ0v) is 8.80. The molecule has 2 rings (SSSR count). The highest BCUT2D eigenvalue weighted by molar-refractivity contribution is 7.13. The topological polar surface area (TPSA) is 20.3 Å². The van der Waals surface area contributed by atoms with Crippen molar-refractivity contribution in [3.8, 4) is 0 Å². The van der Waals surface area contributed by atoms with Gasteiger partial charge in [-0.2, -0.15) is 0 Å². The van der Waals surface area contributed by atoms with Gasteiger partial charge < -0.3 is 0 Å². The second-order valence-electron chi connectivity index (χ2n) is 3.42. The number of hydrogen-bond acceptors (Lipinski definition) is 3. The predicted octanol–water partition coefficient (Wildman–Crippen LogP) is 2.32. The first kappa shape index (κ1) is 9.62. The molecule has 74 valence electrons. The van der Waals surface area contributed by atoms with Crippen LogP contribution in [0.5, 0.6) is 0 Å². The molecule has 0 radical (unpaired) electrons. The van der Waals surface area contributed by atoms with Gasteiger partial charge in [0, 0.05) is 24.5 Å². The maximum atomic E-state index is 10.5. The first-order valence-electron chi connectivity index (χ1n) is 4.80. The van der Waals surface area contributed by atoms with Crippen molar-refractivity contribution in [3.63, 3.8) is 0 Å². The molecule has 14 heavy (non-hydrogen) atoms. The minimum atomic E-state index is 0.826. The monoisotopic (exact) mass is 207 g/mol. The van der Waals surface area contributed by atoms with E-state index in [1.165, 1.54) is 4.88 Å². The Bertz CT molecular complexity index is 343. The third-order valence-corrected chi connectivity index (χ3v) is 3.32. The number of rotatable bonds is 3. The molecule has 0 aromatic carbocycles. The molecule has 0 spiro atoms. The normalized spacial score (nSPS) is 17.1. The number of carbonyl (C=O) groups excluding carboxylic acids is 1. The molecule has 0 saturated carbocycles. The van der Waals surface area contributed by atoms with Gasteiger partial charge in [-0.05, 0) is 18.6 Å². The van der Waals surface area contributed by atoms with Crippen molar-refractivity contribution in [2.24, 2.45) is 0 Å². The molecule has 0 fully saturated rings. The molecule has 0 unspecified atom stereocenters. The molecule has 0 atom stereocenters. The Balaban J connectivity index is 1.96. The average molecular weight is 207 g/mol. The molecule has 2 heterocycles. The van der Waals surface area contributed by atoms with E-state index in [9.17, 15) is 4.79 Å². The van der Waals surface area contributed by atoms with Crippen LogP contribution in [0.2, 0.25) is 0 Å². The van der Waals surface area contributed by atoms with Gasteiger partial charge in [0.2, 0.25) is 0 Å². The van der Waals surface area contributed by atoms with Crippen molar-refractivity contribution in [1.82, 2.24) is 4.90 Å². The number of carbonyl (C=O) groups is 1. The molecule has 0 N–H and O–H groups in total. The minimum Gasteiger partial charge on any atom is -0.297 e. The zero-order chi connectivity index (χ0) is 9.80. The lowest BCUT2D eigenvalue weighted by molar-refractivity contribution is 0.112. The summed E-state index contributed by atoms with van der Waals surface area (Å²) in [5, 5.41) is 0. The van der Waals surface area contributed by atoms with Crippen LogP contribution in [0.3, 0.4) is 0 Å². The Morgan fingerprint density at radius 2 is 2.36 bits per heavy atom. The Kier molecular flexibility index (Phi) is 3.11. The van der Waals surface area contributed by atoms with E-state index in [0.717, 1.165) is 37.2 Å². The maximum Gasteiger partial charge on any atom is 0.160 e. The SMILES string of the molecule is O=Cc1ccc(CN2CC=CCC2)s1. The van der Waals surface area contributed by atoms with Crippen molar-refractivity contribution in [3.05, 3.63) is 34.0 Å². The van der Waals surface area contributed by atoms with Crippen LogP contribution >= 0.6 is 11.3 Å². The van der Waals surface area contributed by atoms with Gasteiger partial charge in [-0.15, -0.1) is 11.3 Å². The summed E-state index contributed by atoms with van der Waals surface area (Å²) in [5.41, 5.74) is 0. The third-order valence-electron chi connectivity index (χ3n) is 2.32. The van der Waals surface area contributed by atoms with Crippen molar-refractivity contribution in [2.75, 3.05) is 13.1 Å². The van der Waals surface area contributed by atoms with E-state index in [2.05, 4.69) is 17.1 Å². The van der Waals surface area contributed by atoms with Crippen LogP contribution in [0, 0.1) is 0 Å². The highest BCUT2D eigenvalue weighted by atomic mass is 32.1. The van der Waals surface area contributed by atoms with Gasteiger partial charge in [0.1, 0.15) is 0 Å². The summed E-state index contributed by atoms with van der Waals surface area (Å²) < 4.78 is 0. The fourth-order valence-corrected chi connectivity index (χ4v) is 2.47. The molecule has 0 amide bonds. The summed E-state index contributed by atoms with van der Waals surface area (Å²) in [5.74, 6) is 0. The summed E-state index contributed by atoms with van der Waals surface area (Å²) in [6.07, 6.45) is 6.50. The second kappa shape index (κ2) is 4.53. The molecule has 0 bridgehead atoms. The summed E-state index contributed by atoms with van der Waals surface area (Å²) in [4.78, 5) is 15.0. The number of hydrogen-bond donors (Lipinski definition) is 0. The highest BCUT2D eigenvalue weighted by Crippen LogP contribution is 2.17. The van der Waals surface area contributed by atoms with Crippen LogP contribution in [0.15, 0.2) is 24.3 Å². The molecule has 0 aliphatic carbocycles. The van der Waals surface area contributed by atoms with Gasteiger partial charge in [-0.1, -0.05) is 12.2 Å². The Labute approximate surface area is 87.9 Å². The number of aldehydes is 1. The molecule has 1 aromatic heterocycles. The van der Waals surface area contributed by atoms with Crippen LogP contribution < -0.4 is 0 Å². The fraction of sp³-hybridized carbons (Fsp3) is 0.364. The molecular weight excluding hydrogens is 194 g/mol. The first-order valence-corrected chi connectivity index (χ1v) is 5.61. The second-order valence-corrected chi connectivity index (χ2v) is 4.62. The summed E-state index contributed by atoms with van der Waals surface area (Å²) in [7, 11) is 0. The van der Waals surface area contributed by atoms with E-state index in [1.807, 2.05) is 12.1 Å². The van der Waals surface area contributed by atoms with Crippen molar-refractivity contribution < 1.29 is 4.79 Å². The van der Waals surface area contributed by atoms with E-state index in [1.54, 1.807) is 11.3 Å². The Morgan fingerprint density at radius 1 is 1.43 bits per heavy atom. The summed E-state index contributed by atoms with van der Waals surface area (Å²) in [6.45, 7) is 3.14. The van der Waals surface area contributed by atoms with E-state index in [0.29, 0.717) is 0 Å². The minimum absolute atomic E-state index is 0.826. The molecule has 1 aromatic rings. The van der Waals surface area contributed by atoms with Gasteiger partial charge >= 0.3 is 0 Å².